The molecule has 1 unspecified atom stereocenters. The van der Waals surface area contributed by atoms with Crippen LogP contribution < -0.4 is 0 Å². The lowest BCUT2D eigenvalue weighted by Crippen LogP contribution is -2.10. The molecule has 0 radical (unpaired) electrons. The summed E-state index contributed by atoms with van der Waals surface area (Å²) in [5, 5.41) is 0.932. The third kappa shape index (κ3) is 5.89. The fraction of sp³-hybridized carbons (Fsp3) is 0.167. The number of rotatable bonds is 7. The lowest BCUT2D eigenvalue weighted by atomic mass is 9.92. The van der Waals surface area contributed by atoms with Crippen LogP contribution in [0, 0.1) is 0 Å². The summed E-state index contributed by atoms with van der Waals surface area (Å²) >= 11 is 0. The van der Waals surface area contributed by atoms with E-state index in [2.05, 4.69) is 15.0 Å². The van der Waals surface area contributed by atoms with Crippen LogP contribution in [0.3, 0.4) is 0 Å². The first-order chi connectivity index (χ1) is 18.5. The van der Waals surface area contributed by atoms with Gasteiger partial charge in [0.2, 0.25) is 0 Å². The Morgan fingerprint density at radius 2 is 1.36 bits per heavy atom. The van der Waals surface area contributed by atoms with Crippen molar-refractivity contribution in [1.82, 2.24) is 15.0 Å². The van der Waals surface area contributed by atoms with E-state index in [9.17, 15) is 16.8 Å². The molecule has 0 saturated heterocycles. The van der Waals surface area contributed by atoms with E-state index in [1.165, 1.54) is 12.5 Å². The van der Waals surface area contributed by atoms with Gasteiger partial charge in [-0.2, -0.15) is 0 Å². The maximum Gasteiger partial charge on any atom is 0.175 e. The van der Waals surface area contributed by atoms with Crippen LogP contribution in [0.2, 0.25) is 0 Å². The smallest absolute Gasteiger partial charge is 0.175 e. The highest BCUT2D eigenvalue weighted by Gasteiger charge is 2.18. The second-order valence-electron chi connectivity index (χ2n) is 9.77. The summed E-state index contributed by atoms with van der Waals surface area (Å²) in [5.74, 6) is -0.132. The summed E-state index contributed by atoms with van der Waals surface area (Å²) in [5.41, 5.74) is 6.43. The normalized spacial score (nSPS) is 12.9. The van der Waals surface area contributed by atoms with Crippen molar-refractivity contribution in [3.05, 3.63) is 97.0 Å². The van der Waals surface area contributed by atoms with Crippen LogP contribution in [-0.2, 0) is 19.7 Å². The predicted octanol–water partition coefficient (Wildman–Crippen LogP) is 5.58. The monoisotopic (exact) mass is 557 g/mol. The molecule has 0 spiro atoms. The van der Waals surface area contributed by atoms with E-state index < -0.39 is 19.7 Å². The maximum absolute atomic E-state index is 12.0. The molecule has 0 amide bonds. The van der Waals surface area contributed by atoms with Crippen LogP contribution in [-0.4, -0.2) is 50.1 Å². The van der Waals surface area contributed by atoms with Crippen LogP contribution in [0.5, 0.6) is 0 Å². The molecule has 7 nitrogen and oxygen atoms in total. The first-order valence-electron chi connectivity index (χ1n) is 12.3. The van der Waals surface area contributed by atoms with Gasteiger partial charge in [-0.25, -0.2) is 16.8 Å². The average Bonchev–Trinajstić information content (AvgIpc) is 2.91. The minimum atomic E-state index is -3.31. The molecular weight excluding hydrogens is 530 g/mol. The molecule has 0 saturated carbocycles. The number of pyridine rings is 1. The zero-order valence-corrected chi connectivity index (χ0v) is 23.4. The van der Waals surface area contributed by atoms with Gasteiger partial charge in [0, 0.05) is 53.2 Å². The molecule has 5 aromatic rings. The Kier molecular flexibility index (Phi) is 7.05. The van der Waals surface area contributed by atoms with Gasteiger partial charge in [0.1, 0.15) is 9.84 Å². The van der Waals surface area contributed by atoms with Crippen LogP contribution in [0.4, 0.5) is 0 Å². The topological polar surface area (TPSA) is 107 Å². The van der Waals surface area contributed by atoms with Crippen LogP contribution in [0.25, 0.3) is 44.5 Å². The number of aromatic nitrogens is 3. The zero-order valence-electron chi connectivity index (χ0n) is 21.7. The van der Waals surface area contributed by atoms with Crippen molar-refractivity contribution in [3.8, 4) is 33.6 Å². The van der Waals surface area contributed by atoms with Gasteiger partial charge in [-0.05, 0) is 53.4 Å². The van der Waals surface area contributed by atoms with Crippen molar-refractivity contribution < 1.29 is 16.8 Å². The van der Waals surface area contributed by atoms with Gasteiger partial charge in [0.15, 0.2) is 9.84 Å². The minimum Gasteiger partial charge on any atom is -0.256 e. The van der Waals surface area contributed by atoms with E-state index in [0.29, 0.717) is 11.4 Å². The van der Waals surface area contributed by atoms with Gasteiger partial charge in [0.05, 0.1) is 27.6 Å². The van der Waals surface area contributed by atoms with Crippen molar-refractivity contribution in [2.75, 3.05) is 18.3 Å². The summed E-state index contributed by atoms with van der Waals surface area (Å²) in [6.07, 6.45) is 7.41. The van der Waals surface area contributed by atoms with E-state index in [-0.39, 0.29) is 16.6 Å². The van der Waals surface area contributed by atoms with Crippen molar-refractivity contribution in [2.24, 2.45) is 0 Å². The number of fused-ring (bicyclic) bond motifs is 1. The van der Waals surface area contributed by atoms with E-state index in [1.54, 1.807) is 42.9 Å². The molecule has 0 aliphatic rings. The number of benzene rings is 3. The first kappa shape index (κ1) is 26.6. The molecule has 0 aliphatic heterocycles. The summed E-state index contributed by atoms with van der Waals surface area (Å²) in [6, 6.07) is 22.4. The molecule has 198 valence electrons. The Hall–Kier alpha value is -3.95. The lowest BCUT2D eigenvalue weighted by molar-refractivity contribution is 0.596. The molecule has 0 N–H and O–H groups in total. The molecule has 0 bridgehead atoms. The van der Waals surface area contributed by atoms with Gasteiger partial charge in [-0.3, -0.25) is 15.0 Å². The fourth-order valence-corrected chi connectivity index (χ4v) is 6.46. The third-order valence-electron chi connectivity index (χ3n) is 6.55. The first-order valence-corrected chi connectivity index (χ1v) is 16.2. The largest absolute Gasteiger partial charge is 0.256 e. The van der Waals surface area contributed by atoms with Gasteiger partial charge in [-0.1, -0.05) is 43.3 Å². The van der Waals surface area contributed by atoms with Crippen molar-refractivity contribution in [1.29, 1.82) is 0 Å². The van der Waals surface area contributed by atoms with Crippen LogP contribution >= 0.6 is 0 Å². The molecule has 5 rings (SSSR count). The average molecular weight is 558 g/mol. The van der Waals surface area contributed by atoms with E-state index in [0.717, 1.165) is 38.7 Å². The Balaban J connectivity index is 1.62. The summed E-state index contributed by atoms with van der Waals surface area (Å²) in [7, 11) is -6.47. The highest BCUT2D eigenvalue weighted by molar-refractivity contribution is 7.91. The molecule has 1 atom stereocenters. The van der Waals surface area contributed by atoms with Gasteiger partial charge < -0.3 is 0 Å². The van der Waals surface area contributed by atoms with Gasteiger partial charge in [-0.15, -0.1) is 0 Å². The van der Waals surface area contributed by atoms with Gasteiger partial charge >= 0.3 is 0 Å². The molecule has 0 aliphatic carbocycles. The second kappa shape index (κ2) is 10.3. The van der Waals surface area contributed by atoms with Crippen LogP contribution in [0.15, 0.2) is 96.3 Å². The fourth-order valence-electron chi connectivity index (χ4n) is 4.72. The van der Waals surface area contributed by atoms with Crippen molar-refractivity contribution in [3.63, 3.8) is 0 Å². The van der Waals surface area contributed by atoms with Crippen molar-refractivity contribution >= 4 is 30.6 Å². The highest BCUT2D eigenvalue weighted by Crippen LogP contribution is 2.35. The Bertz CT molecular complexity index is 1900. The van der Waals surface area contributed by atoms with Crippen LogP contribution in [0.1, 0.15) is 18.4 Å². The molecule has 2 aromatic heterocycles. The maximum atomic E-state index is 12.0. The highest BCUT2D eigenvalue weighted by atomic mass is 32.2. The summed E-state index contributed by atoms with van der Waals surface area (Å²) < 4.78 is 47.8. The molecular formula is C30H27N3O4S2. The quantitative estimate of drug-likeness (QED) is 0.257. The minimum absolute atomic E-state index is 0.0549. The molecule has 9 heteroatoms. The SMILES string of the molecule is CC(CS(C)(=O)=O)c1cc(-c2cccc(-c3nccnc3-c3ccc(S(C)(=O)=O)cc3)c2)c2ncccc2c1. The molecule has 2 heterocycles. The Morgan fingerprint density at radius 1 is 0.692 bits per heavy atom. The number of nitrogens with zero attached hydrogens (tertiary/aromatic N) is 3. The Labute approximate surface area is 228 Å². The number of hydrogen-bond acceptors (Lipinski definition) is 7. The lowest BCUT2D eigenvalue weighted by Gasteiger charge is -2.16. The third-order valence-corrected chi connectivity index (χ3v) is 8.78. The Morgan fingerprint density at radius 3 is 2.03 bits per heavy atom. The summed E-state index contributed by atoms with van der Waals surface area (Å²) in [4.78, 5) is 14.0. The van der Waals surface area contributed by atoms with E-state index >= 15 is 0 Å². The summed E-state index contributed by atoms with van der Waals surface area (Å²) in [6.45, 7) is 1.92. The molecule has 0 fully saturated rings. The number of sulfone groups is 2. The van der Waals surface area contributed by atoms with Crippen molar-refractivity contribution in [2.45, 2.75) is 17.7 Å². The number of hydrogen-bond donors (Lipinski definition) is 0. The standard InChI is InChI=1S/C30H27N3O4S2/c1-20(19-38(2,34)35)25-17-23-8-5-13-31-28(23)27(18-25)22-6-4-7-24(16-22)30-29(32-14-15-33-30)21-9-11-26(12-10-21)39(3,36)37/h4-18,20H,19H2,1-3H3. The predicted molar refractivity (Wildman–Crippen MR) is 155 cm³/mol. The molecule has 39 heavy (non-hydrogen) atoms. The molecule has 3 aromatic carbocycles. The van der Waals surface area contributed by atoms with Gasteiger partial charge in [0.25, 0.3) is 0 Å². The zero-order chi connectivity index (χ0) is 27.8. The second-order valence-corrected chi connectivity index (χ2v) is 14.0. The van der Waals surface area contributed by atoms with E-state index in [1.807, 2.05) is 55.5 Å². The van der Waals surface area contributed by atoms with E-state index in [4.69, 9.17) is 0 Å².